The van der Waals surface area contributed by atoms with Crippen LogP contribution in [0.25, 0.3) is 0 Å². The average Bonchev–Trinajstić information content (AvgIpc) is 2.63. The van der Waals surface area contributed by atoms with Crippen molar-refractivity contribution in [3.63, 3.8) is 0 Å². The minimum absolute atomic E-state index is 0.179. The summed E-state index contributed by atoms with van der Waals surface area (Å²) in [5.74, 6) is 1.11. The molecular formula is C27H36O4. The monoisotopic (exact) mass is 424 g/mol. The molecule has 0 bridgehead atoms. The van der Waals surface area contributed by atoms with Gasteiger partial charge >= 0.3 is 0 Å². The number of rotatable bonds is 4. The second kappa shape index (κ2) is 7.36. The van der Waals surface area contributed by atoms with Crippen LogP contribution in [0.3, 0.4) is 0 Å². The average molecular weight is 425 g/mol. The van der Waals surface area contributed by atoms with Gasteiger partial charge in [0.15, 0.2) is 0 Å². The van der Waals surface area contributed by atoms with Crippen LogP contribution in [0.4, 0.5) is 0 Å². The van der Waals surface area contributed by atoms with E-state index in [1.807, 2.05) is 0 Å². The van der Waals surface area contributed by atoms with Gasteiger partial charge in [-0.1, -0.05) is 54.4 Å². The maximum absolute atomic E-state index is 10.6. The third-order valence-corrected chi connectivity index (χ3v) is 6.87. The molecule has 0 aliphatic carbocycles. The molecule has 2 aliphatic rings. The molecule has 0 atom stereocenters. The standard InChI is InChI=1S/C27H36O4/c1-7-9-17-11-19-23(13-21(17)28)30-27(15-25(19,3)4)16-26(5,6)20-12-18(10-8-2)22(29)14-24(20)31-27/h11-14,28-29H,7-10,15-16H2,1-6H3. The van der Waals surface area contributed by atoms with Crippen molar-refractivity contribution in [1.29, 1.82) is 0 Å². The van der Waals surface area contributed by atoms with Gasteiger partial charge in [0.2, 0.25) is 0 Å². The maximum Gasteiger partial charge on any atom is 0.252 e. The number of benzene rings is 2. The van der Waals surface area contributed by atoms with Crippen LogP contribution in [-0.2, 0) is 23.7 Å². The Morgan fingerprint density at radius 3 is 1.45 bits per heavy atom. The van der Waals surface area contributed by atoms with Gasteiger partial charge in [0, 0.05) is 46.9 Å². The van der Waals surface area contributed by atoms with E-state index in [0.717, 1.165) is 47.9 Å². The van der Waals surface area contributed by atoms with Gasteiger partial charge in [-0.3, -0.25) is 0 Å². The van der Waals surface area contributed by atoms with Crippen LogP contribution < -0.4 is 9.47 Å². The summed E-state index contributed by atoms with van der Waals surface area (Å²) in [5, 5.41) is 21.2. The molecule has 4 nitrogen and oxygen atoms in total. The van der Waals surface area contributed by atoms with Gasteiger partial charge in [-0.25, -0.2) is 0 Å². The normalized spacial score (nSPS) is 19.8. The van der Waals surface area contributed by atoms with Gasteiger partial charge in [0.1, 0.15) is 23.0 Å². The molecule has 0 fully saturated rings. The van der Waals surface area contributed by atoms with Crippen molar-refractivity contribution >= 4 is 0 Å². The number of hydrogen-bond donors (Lipinski definition) is 2. The predicted molar refractivity (Wildman–Crippen MR) is 123 cm³/mol. The number of phenols is 2. The van der Waals surface area contributed by atoms with Crippen molar-refractivity contribution < 1.29 is 19.7 Å². The highest BCUT2D eigenvalue weighted by molar-refractivity contribution is 5.53. The highest BCUT2D eigenvalue weighted by Crippen LogP contribution is 2.55. The molecule has 0 unspecified atom stereocenters. The van der Waals surface area contributed by atoms with E-state index in [0.29, 0.717) is 24.3 Å². The molecule has 168 valence electrons. The fourth-order valence-corrected chi connectivity index (χ4v) is 5.56. The van der Waals surface area contributed by atoms with Gasteiger partial charge in [0.25, 0.3) is 5.79 Å². The fourth-order valence-electron chi connectivity index (χ4n) is 5.56. The molecule has 31 heavy (non-hydrogen) atoms. The minimum atomic E-state index is -0.843. The number of ether oxygens (including phenoxy) is 2. The van der Waals surface area contributed by atoms with E-state index in [2.05, 4.69) is 53.7 Å². The summed E-state index contributed by atoms with van der Waals surface area (Å²) in [7, 11) is 0. The summed E-state index contributed by atoms with van der Waals surface area (Å²) in [6.07, 6.45) is 5.05. The van der Waals surface area contributed by atoms with Crippen LogP contribution in [0.5, 0.6) is 23.0 Å². The van der Waals surface area contributed by atoms with E-state index >= 15 is 0 Å². The first-order chi connectivity index (χ1) is 14.5. The highest BCUT2D eigenvalue weighted by atomic mass is 16.7. The lowest BCUT2D eigenvalue weighted by Crippen LogP contribution is -2.55. The summed E-state index contributed by atoms with van der Waals surface area (Å²) >= 11 is 0. The first-order valence-corrected chi connectivity index (χ1v) is 11.6. The van der Waals surface area contributed by atoms with Gasteiger partial charge < -0.3 is 19.7 Å². The van der Waals surface area contributed by atoms with Crippen molar-refractivity contribution in [2.75, 3.05) is 0 Å². The third-order valence-electron chi connectivity index (χ3n) is 6.87. The lowest BCUT2D eigenvalue weighted by Gasteiger charge is -2.51. The molecule has 2 aromatic rings. The quantitative estimate of drug-likeness (QED) is 0.587. The Balaban J connectivity index is 1.78. The van der Waals surface area contributed by atoms with Gasteiger partial charge in [-0.05, 0) is 36.1 Å². The first-order valence-electron chi connectivity index (χ1n) is 11.6. The first kappa shape index (κ1) is 21.9. The molecule has 1 spiro atoms. The molecule has 0 aromatic heterocycles. The zero-order chi connectivity index (χ0) is 22.6. The number of hydrogen-bond acceptors (Lipinski definition) is 4. The molecule has 2 N–H and O–H groups in total. The molecular weight excluding hydrogens is 388 g/mol. The van der Waals surface area contributed by atoms with Crippen molar-refractivity contribution in [2.24, 2.45) is 0 Å². The van der Waals surface area contributed by atoms with Crippen molar-refractivity contribution in [3.8, 4) is 23.0 Å². The van der Waals surface area contributed by atoms with Crippen LogP contribution >= 0.6 is 0 Å². The number of aromatic hydroxyl groups is 2. The predicted octanol–water partition coefficient (Wildman–Crippen LogP) is 6.52. The Morgan fingerprint density at radius 1 is 0.710 bits per heavy atom. The van der Waals surface area contributed by atoms with Crippen molar-refractivity contribution in [3.05, 3.63) is 46.5 Å². The third kappa shape index (κ3) is 3.75. The lowest BCUT2D eigenvalue weighted by molar-refractivity contribution is -0.166. The molecule has 4 rings (SSSR count). The highest BCUT2D eigenvalue weighted by Gasteiger charge is 2.53. The SMILES string of the molecule is CCCc1cc2c(cc1O)OC1(CC2(C)C)CC(C)(C)c2cc(CCC)c(O)cc2O1. The molecule has 0 saturated heterocycles. The van der Waals surface area contributed by atoms with Crippen molar-refractivity contribution in [1.82, 2.24) is 0 Å². The van der Waals surface area contributed by atoms with Crippen molar-refractivity contribution in [2.45, 2.75) is 96.7 Å². The summed E-state index contributed by atoms with van der Waals surface area (Å²) < 4.78 is 13.1. The topological polar surface area (TPSA) is 58.9 Å². The van der Waals surface area contributed by atoms with Crippen LogP contribution in [0, 0.1) is 0 Å². The second-order valence-corrected chi connectivity index (χ2v) is 10.7. The zero-order valence-electron chi connectivity index (χ0n) is 19.8. The Hall–Kier alpha value is -2.36. The lowest BCUT2D eigenvalue weighted by atomic mass is 9.68. The molecule has 0 saturated carbocycles. The van der Waals surface area contributed by atoms with E-state index in [-0.39, 0.29) is 22.3 Å². The molecule has 2 aromatic carbocycles. The van der Waals surface area contributed by atoms with E-state index in [4.69, 9.17) is 9.47 Å². The molecule has 2 aliphatic heterocycles. The number of fused-ring (bicyclic) bond motifs is 2. The smallest absolute Gasteiger partial charge is 0.252 e. The maximum atomic E-state index is 10.6. The van der Waals surface area contributed by atoms with Gasteiger partial charge in [-0.15, -0.1) is 0 Å². The summed E-state index contributed by atoms with van der Waals surface area (Å²) in [6.45, 7) is 13.1. The summed E-state index contributed by atoms with van der Waals surface area (Å²) in [6, 6.07) is 7.73. The van der Waals surface area contributed by atoms with Crippen LogP contribution in [0.2, 0.25) is 0 Å². The molecule has 0 amide bonds. The Bertz CT molecular complexity index is 921. The number of aryl methyl sites for hydroxylation is 2. The Kier molecular flexibility index (Phi) is 5.19. The van der Waals surface area contributed by atoms with Crippen LogP contribution in [0.1, 0.15) is 89.5 Å². The van der Waals surface area contributed by atoms with E-state index in [1.165, 1.54) is 0 Å². The fraction of sp³-hybridized carbons (Fsp3) is 0.556. The molecule has 4 heteroatoms. The molecule has 2 heterocycles. The van der Waals surface area contributed by atoms with E-state index in [9.17, 15) is 10.2 Å². The number of phenolic OH excluding ortho intramolecular Hbond substituents is 2. The summed E-state index contributed by atoms with van der Waals surface area (Å²) in [4.78, 5) is 0. The Labute approximate surface area is 186 Å². The zero-order valence-corrected chi connectivity index (χ0v) is 19.8. The second-order valence-electron chi connectivity index (χ2n) is 10.7. The summed E-state index contributed by atoms with van der Waals surface area (Å²) in [5.41, 5.74) is 3.82. The molecule has 0 radical (unpaired) electrons. The van der Waals surface area contributed by atoms with E-state index < -0.39 is 5.79 Å². The minimum Gasteiger partial charge on any atom is -0.508 e. The van der Waals surface area contributed by atoms with Crippen LogP contribution in [-0.4, -0.2) is 16.0 Å². The van der Waals surface area contributed by atoms with Gasteiger partial charge in [0.05, 0.1) is 0 Å². The Morgan fingerprint density at radius 2 is 1.10 bits per heavy atom. The van der Waals surface area contributed by atoms with Gasteiger partial charge in [-0.2, -0.15) is 0 Å². The largest absolute Gasteiger partial charge is 0.508 e. The van der Waals surface area contributed by atoms with E-state index in [1.54, 1.807) is 12.1 Å². The van der Waals surface area contributed by atoms with Crippen LogP contribution in [0.15, 0.2) is 24.3 Å².